The molecule has 0 radical (unpaired) electrons. The monoisotopic (exact) mass is 521 g/mol. The number of benzene rings is 1. The van der Waals surface area contributed by atoms with E-state index >= 15 is 0 Å². The maximum atomic E-state index is 13.7. The largest absolute Gasteiger partial charge is 0.381 e. The van der Waals surface area contributed by atoms with Gasteiger partial charge in [-0.05, 0) is 41.5 Å². The zero-order valence-electron chi connectivity index (χ0n) is 21.0. The molecule has 4 aromatic heterocycles. The molecular weight excluding hydrogens is 496 g/mol. The van der Waals surface area contributed by atoms with E-state index in [1.807, 2.05) is 36.7 Å². The lowest BCUT2D eigenvalue weighted by atomic mass is 9.95. The van der Waals surface area contributed by atoms with Gasteiger partial charge in [0.25, 0.3) is 5.92 Å². The van der Waals surface area contributed by atoms with Crippen LogP contribution in [0.1, 0.15) is 23.4 Å². The van der Waals surface area contributed by atoms with E-state index in [0.717, 1.165) is 56.0 Å². The van der Waals surface area contributed by atoms with E-state index in [1.165, 1.54) is 0 Å². The molecule has 0 atom stereocenters. The number of rotatable bonds is 5. The van der Waals surface area contributed by atoms with Crippen LogP contribution < -0.4 is 5.32 Å². The number of likely N-dealkylation sites (tertiary alicyclic amines) is 1. The molecule has 1 aromatic carbocycles. The Morgan fingerprint density at radius 1 is 0.923 bits per heavy atom. The number of alkyl halides is 2. The number of fused-ring (bicyclic) bond motifs is 2. The van der Waals surface area contributed by atoms with Crippen LogP contribution in [0.4, 0.5) is 14.5 Å². The fourth-order valence-corrected chi connectivity index (χ4v) is 5.43. The molecule has 0 unspecified atom stereocenters. The van der Waals surface area contributed by atoms with Gasteiger partial charge in [-0.1, -0.05) is 18.2 Å². The zero-order valence-corrected chi connectivity index (χ0v) is 21.0. The van der Waals surface area contributed by atoms with E-state index < -0.39 is 5.92 Å². The number of halogens is 2. The molecule has 9 heteroatoms. The second kappa shape index (κ2) is 9.36. The Kier molecular flexibility index (Phi) is 5.66. The molecular formula is C30H25F2N7. The number of hydrogen-bond acceptors (Lipinski definition) is 6. The van der Waals surface area contributed by atoms with Crippen LogP contribution in [0.15, 0.2) is 79.5 Å². The predicted molar refractivity (Wildman–Crippen MR) is 147 cm³/mol. The highest BCUT2D eigenvalue weighted by Gasteiger charge is 2.37. The molecule has 2 N–H and O–H groups in total. The first kappa shape index (κ1) is 23.6. The summed E-state index contributed by atoms with van der Waals surface area (Å²) >= 11 is 0. The van der Waals surface area contributed by atoms with Crippen molar-refractivity contribution in [2.45, 2.75) is 18.9 Å². The van der Waals surface area contributed by atoms with Crippen molar-refractivity contribution < 1.29 is 8.78 Å². The summed E-state index contributed by atoms with van der Waals surface area (Å²) in [6.07, 6.45) is 11.0. The normalized spacial score (nSPS) is 16.6. The minimum Gasteiger partial charge on any atom is -0.381 e. The van der Waals surface area contributed by atoms with Crippen molar-refractivity contribution >= 4 is 22.4 Å². The number of anilines is 1. The fraction of sp³-hybridized carbons (Fsp3) is 0.200. The van der Waals surface area contributed by atoms with Crippen molar-refractivity contribution in [3.63, 3.8) is 0 Å². The van der Waals surface area contributed by atoms with Crippen LogP contribution in [0.5, 0.6) is 0 Å². The lowest BCUT2D eigenvalue weighted by molar-refractivity contribution is 0.0115. The highest BCUT2D eigenvalue weighted by Crippen LogP contribution is 2.36. The van der Waals surface area contributed by atoms with Crippen LogP contribution in [0.2, 0.25) is 0 Å². The minimum absolute atomic E-state index is 0.0892. The van der Waals surface area contributed by atoms with Crippen molar-refractivity contribution in [3.8, 4) is 22.3 Å². The minimum atomic E-state index is -2.61. The quantitative estimate of drug-likeness (QED) is 0.305. The van der Waals surface area contributed by atoms with Gasteiger partial charge in [0.2, 0.25) is 0 Å². The third-order valence-corrected chi connectivity index (χ3v) is 7.31. The molecule has 0 aliphatic carbocycles. The Morgan fingerprint density at radius 2 is 1.85 bits per heavy atom. The average molecular weight is 522 g/mol. The molecule has 2 aliphatic rings. The molecule has 1 saturated heterocycles. The lowest BCUT2D eigenvalue weighted by Gasteiger charge is -2.20. The Hall–Kier alpha value is -4.50. The van der Waals surface area contributed by atoms with E-state index in [4.69, 9.17) is 4.98 Å². The van der Waals surface area contributed by atoms with Gasteiger partial charge in [0, 0.05) is 90.6 Å². The standard InChI is InChI=1S/C30H25F2N7/c31-30(32)7-11-39(18-30)17-19-12-22(16-34-14-19)20-3-4-26-25(13-20)24(6-9-35-26)28-37-27-23(5-10-36-29(27)38-28)21-2-1-8-33-15-21/h1-6,8,10,12-16,35H,7,9,11,17-18H2,(H,36,37,38). The number of nitrogens with one attached hydrogen (secondary N) is 2. The first-order chi connectivity index (χ1) is 19.0. The van der Waals surface area contributed by atoms with Crippen LogP contribution in [0.25, 0.3) is 39.0 Å². The van der Waals surface area contributed by atoms with E-state index in [0.29, 0.717) is 25.3 Å². The summed E-state index contributed by atoms with van der Waals surface area (Å²) in [5.74, 6) is -1.86. The Labute approximate surface area is 223 Å². The van der Waals surface area contributed by atoms with Crippen LogP contribution >= 0.6 is 0 Å². The highest BCUT2D eigenvalue weighted by molar-refractivity contribution is 5.94. The third-order valence-electron chi connectivity index (χ3n) is 7.31. The van der Waals surface area contributed by atoms with Crippen molar-refractivity contribution in [2.75, 3.05) is 25.0 Å². The summed E-state index contributed by atoms with van der Waals surface area (Å²) < 4.78 is 27.3. The first-order valence-electron chi connectivity index (χ1n) is 12.9. The number of hydrogen-bond donors (Lipinski definition) is 2. The van der Waals surface area contributed by atoms with Gasteiger partial charge < -0.3 is 10.3 Å². The van der Waals surface area contributed by atoms with Gasteiger partial charge in [-0.2, -0.15) is 0 Å². The van der Waals surface area contributed by atoms with Crippen molar-refractivity contribution in [1.82, 2.24) is 29.8 Å². The van der Waals surface area contributed by atoms with E-state index in [2.05, 4.69) is 49.5 Å². The Bertz CT molecular complexity index is 1710. The molecule has 7 rings (SSSR count). The predicted octanol–water partition coefficient (Wildman–Crippen LogP) is 5.78. The van der Waals surface area contributed by atoms with Gasteiger partial charge in [0.1, 0.15) is 5.82 Å². The van der Waals surface area contributed by atoms with E-state index in [-0.39, 0.29) is 13.0 Å². The molecule has 0 bridgehead atoms. The maximum Gasteiger partial charge on any atom is 0.261 e. The van der Waals surface area contributed by atoms with Gasteiger partial charge in [0.15, 0.2) is 5.65 Å². The summed E-state index contributed by atoms with van der Waals surface area (Å²) in [7, 11) is 0. The van der Waals surface area contributed by atoms with E-state index in [1.54, 1.807) is 23.5 Å². The van der Waals surface area contributed by atoms with Gasteiger partial charge in [-0.3, -0.25) is 14.9 Å². The van der Waals surface area contributed by atoms with Crippen LogP contribution in [-0.2, 0) is 6.54 Å². The summed E-state index contributed by atoms with van der Waals surface area (Å²) in [4.78, 5) is 23.3. The molecule has 1 fully saturated rings. The fourth-order valence-electron chi connectivity index (χ4n) is 5.43. The molecule has 0 saturated carbocycles. The van der Waals surface area contributed by atoms with Crippen molar-refractivity contribution in [3.05, 3.63) is 96.5 Å². The van der Waals surface area contributed by atoms with Crippen LogP contribution in [0.3, 0.4) is 0 Å². The number of pyridine rings is 3. The first-order valence-corrected chi connectivity index (χ1v) is 12.9. The zero-order chi connectivity index (χ0) is 26.4. The van der Waals surface area contributed by atoms with E-state index in [9.17, 15) is 8.78 Å². The second-order valence-corrected chi connectivity index (χ2v) is 10.0. The van der Waals surface area contributed by atoms with Crippen LogP contribution in [-0.4, -0.2) is 55.4 Å². The topological polar surface area (TPSA) is 82.6 Å². The van der Waals surface area contributed by atoms with Crippen molar-refractivity contribution in [1.29, 1.82) is 0 Å². The number of aromatic nitrogens is 5. The third kappa shape index (κ3) is 4.55. The molecule has 0 spiro atoms. The number of imidazole rings is 1. The second-order valence-electron chi connectivity index (χ2n) is 10.0. The molecule has 6 heterocycles. The number of H-pyrrole nitrogens is 1. The molecule has 2 aliphatic heterocycles. The Morgan fingerprint density at radius 3 is 2.69 bits per heavy atom. The molecule has 194 valence electrons. The molecule has 7 nitrogen and oxygen atoms in total. The molecule has 39 heavy (non-hydrogen) atoms. The average Bonchev–Trinajstić information content (AvgIpc) is 3.55. The van der Waals surface area contributed by atoms with Gasteiger partial charge in [-0.15, -0.1) is 0 Å². The molecule has 0 amide bonds. The van der Waals surface area contributed by atoms with Gasteiger partial charge >= 0.3 is 0 Å². The Balaban J connectivity index is 1.23. The highest BCUT2D eigenvalue weighted by atomic mass is 19.3. The smallest absolute Gasteiger partial charge is 0.261 e. The summed E-state index contributed by atoms with van der Waals surface area (Å²) in [6, 6.07) is 14.2. The SMILES string of the molecule is FC1(F)CCN(Cc2cncc(-c3ccc4c(c3)C(c3nc5nccc(-c6cccnc6)c5[nH]3)=CCN4)c2)C1. The van der Waals surface area contributed by atoms with Crippen molar-refractivity contribution in [2.24, 2.45) is 0 Å². The van der Waals surface area contributed by atoms with Gasteiger partial charge in [0.05, 0.1) is 12.1 Å². The van der Waals surface area contributed by atoms with Gasteiger partial charge in [-0.25, -0.2) is 18.7 Å². The molecule has 5 aromatic rings. The summed E-state index contributed by atoms with van der Waals surface area (Å²) in [5.41, 5.74) is 9.38. The summed E-state index contributed by atoms with van der Waals surface area (Å²) in [5, 5.41) is 3.44. The summed E-state index contributed by atoms with van der Waals surface area (Å²) in [6.45, 7) is 1.33. The maximum absolute atomic E-state index is 13.7. The number of nitrogens with zero attached hydrogens (tertiary/aromatic N) is 5. The van der Waals surface area contributed by atoms with Crippen LogP contribution in [0, 0.1) is 0 Å². The lowest BCUT2D eigenvalue weighted by Crippen LogP contribution is -2.24. The number of aromatic amines is 1.